The van der Waals surface area contributed by atoms with Gasteiger partial charge in [0.05, 0.1) is 5.56 Å². The quantitative estimate of drug-likeness (QED) is 0.775. The lowest BCUT2D eigenvalue weighted by Crippen LogP contribution is -2.39. The number of halogens is 2. The van der Waals surface area contributed by atoms with Gasteiger partial charge in [-0.2, -0.15) is 11.8 Å². The molecule has 1 heterocycles. The second-order valence-electron chi connectivity index (χ2n) is 4.33. The Morgan fingerprint density at radius 1 is 1.42 bits per heavy atom. The molecule has 0 atom stereocenters. The summed E-state index contributed by atoms with van der Waals surface area (Å²) in [6.07, 6.45) is 0. The van der Waals surface area contributed by atoms with Gasteiger partial charge in [-0.15, -0.1) is 0 Å². The van der Waals surface area contributed by atoms with Crippen molar-refractivity contribution in [1.82, 2.24) is 10.2 Å². The molecule has 0 unspecified atom stereocenters. The molecule has 1 aliphatic rings. The molecule has 0 bridgehead atoms. The zero-order chi connectivity index (χ0) is 13.7. The highest BCUT2D eigenvalue weighted by Crippen LogP contribution is 2.17. The normalized spacial score (nSPS) is 16.3. The van der Waals surface area contributed by atoms with Gasteiger partial charge < -0.3 is 5.32 Å². The minimum Gasteiger partial charge on any atom is -0.351 e. The van der Waals surface area contributed by atoms with E-state index in [1.165, 1.54) is 11.5 Å². The van der Waals surface area contributed by atoms with Crippen LogP contribution >= 0.6 is 46.0 Å². The summed E-state index contributed by atoms with van der Waals surface area (Å²) in [6, 6.07) is 5.38. The Bertz CT molecular complexity index is 452. The molecule has 19 heavy (non-hydrogen) atoms. The lowest BCUT2D eigenvalue weighted by molar-refractivity contribution is 0.0948. The topological polar surface area (TPSA) is 32.3 Å². The van der Waals surface area contributed by atoms with Crippen LogP contribution in [0.4, 0.5) is 0 Å². The van der Waals surface area contributed by atoms with E-state index in [9.17, 15) is 4.79 Å². The van der Waals surface area contributed by atoms with Gasteiger partial charge in [0.25, 0.3) is 5.91 Å². The average molecular weight is 411 g/mol. The number of hydrogen-bond acceptors (Lipinski definition) is 3. The monoisotopic (exact) mass is 410 g/mol. The summed E-state index contributed by atoms with van der Waals surface area (Å²) >= 11 is 10.1. The van der Waals surface area contributed by atoms with Crippen LogP contribution in [0.25, 0.3) is 0 Å². The van der Waals surface area contributed by atoms with E-state index in [1.807, 2.05) is 17.8 Å². The van der Waals surface area contributed by atoms with Gasteiger partial charge in [0.1, 0.15) is 0 Å². The smallest absolute Gasteiger partial charge is 0.252 e. The second-order valence-corrected chi connectivity index (χ2v) is 7.16. The van der Waals surface area contributed by atoms with Crippen LogP contribution in [0.5, 0.6) is 0 Å². The van der Waals surface area contributed by atoms with Crippen molar-refractivity contribution in [3.05, 3.63) is 32.4 Å². The van der Waals surface area contributed by atoms with Crippen LogP contribution in [-0.4, -0.2) is 48.5 Å². The van der Waals surface area contributed by atoms with Gasteiger partial charge in [-0.05, 0) is 40.8 Å². The van der Waals surface area contributed by atoms with E-state index in [2.05, 4.69) is 32.8 Å². The number of carbonyl (C=O) groups is 1. The molecule has 0 aliphatic carbocycles. The number of rotatable bonds is 4. The number of hydrogen-bond donors (Lipinski definition) is 1. The Morgan fingerprint density at radius 3 is 2.89 bits per heavy atom. The molecule has 104 valence electrons. The highest BCUT2D eigenvalue weighted by Gasteiger charge is 2.12. The summed E-state index contributed by atoms with van der Waals surface area (Å²) in [4.78, 5) is 14.5. The summed E-state index contributed by atoms with van der Waals surface area (Å²) in [5, 5.41) is 3.56. The Labute approximate surface area is 136 Å². The van der Waals surface area contributed by atoms with Crippen molar-refractivity contribution in [1.29, 1.82) is 0 Å². The summed E-state index contributed by atoms with van der Waals surface area (Å²) in [5.41, 5.74) is 0.655. The predicted octanol–water partition coefficient (Wildman–Crippen LogP) is 2.72. The Balaban J connectivity index is 1.82. The van der Waals surface area contributed by atoms with Gasteiger partial charge in [-0.25, -0.2) is 0 Å². The van der Waals surface area contributed by atoms with Gasteiger partial charge in [-0.3, -0.25) is 9.69 Å². The lowest BCUT2D eigenvalue weighted by Gasteiger charge is -2.26. The SMILES string of the molecule is O=C(NCCN1CCSCC1)c1cc(Cl)ccc1I. The number of carbonyl (C=O) groups excluding carboxylic acids is 1. The molecule has 6 heteroatoms. The Hall–Kier alpha value is 0.0200. The molecule has 0 radical (unpaired) electrons. The third kappa shape index (κ3) is 4.81. The van der Waals surface area contributed by atoms with Gasteiger partial charge in [-0.1, -0.05) is 11.6 Å². The maximum absolute atomic E-state index is 12.1. The molecule has 3 nitrogen and oxygen atoms in total. The summed E-state index contributed by atoms with van der Waals surface area (Å²) < 4.78 is 0.925. The zero-order valence-electron chi connectivity index (χ0n) is 10.5. The molecule has 1 aliphatic heterocycles. The van der Waals surface area contributed by atoms with Crippen LogP contribution in [0, 0.1) is 3.57 Å². The van der Waals surface area contributed by atoms with Crippen LogP contribution in [-0.2, 0) is 0 Å². The van der Waals surface area contributed by atoms with Gasteiger partial charge in [0.15, 0.2) is 0 Å². The van der Waals surface area contributed by atoms with Crippen LogP contribution in [0.1, 0.15) is 10.4 Å². The van der Waals surface area contributed by atoms with Crippen molar-refractivity contribution in [3.8, 4) is 0 Å². The summed E-state index contributed by atoms with van der Waals surface area (Å²) in [5.74, 6) is 2.35. The fourth-order valence-corrected chi connectivity index (χ4v) is 3.65. The minimum atomic E-state index is -0.0433. The van der Waals surface area contributed by atoms with Crippen molar-refractivity contribution < 1.29 is 4.79 Å². The molecule has 0 spiro atoms. The molecule has 1 fully saturated rings. The van der Waals surface area contributed by atoms with E-state index in [4.69, 9.17) is 11.6 Å². The van der Waals surface area contributed by atoms with E-state index in [0.717, 1.165) is 23.2 Å². The van der Waals surface area contributed by atoms with Crippen molar-refractivity contribution in [2.75, 3.05) is 37.7 Å². The average Bonchev–Trinajstić information content (AvgIpc) is 2.42. The molecule has 0 saturated carbocycles. The minimum absolute atomic E-state index is 0.0433. The van der Waals surface area contributed by atoms with Crippen LogP contribution in [0.2, 0.25) is 5.02 Å². The first-order valence-corrected chi connectivity index (χ1v) is 8.81. The predicted molar refractivity (Wildman–Crippen MR) is 90.3 cm³/mol. The van der Waals surface area contributed by atoms with Gasteiger partial charge in [0.2, 0.25) is 0 Å². The largest absolute Gasteiger partial charge is 0.351 e. The number of nitrogens with zero attached hydrogens (tertiary/aromatic N) is 1. The highest BCUT2D eigenvalue weighted by atomic mass is 127. The van der Waals surface area contributed by atoms with E-state index < -0.39 is 0 Å². The molecular formula is C13H16ClIN2OS. The van der Waals surface area contributed by atoms with Crippen LogP contribution in [0.3, 0.4) is 0 Å². The first-order chi connectivity index (χ1) is 9.16. The second kappa shape index (κ2) is 7.71. The molecule has 1 N–H and O–H groups in total. The molecule has 1 aromatic rings. The molecular weight excluding hydrogens is 395 g/mol. The first kappa shape index (κ1) is 15.4. The zero-order valence-corrected chi connectivity index (χ0v) is 14.2. The van der Waals surface area contributed by atoms with Crippen molar-refractivity contribution >= 4 is 51.9 Å². The standard InChI is InChI=1S/C13H16ClIN2OS/c14-10-1-2-12(15)11(9-10)13(18)16-3-4-17-5-7-19-8-6-17/h1-2,9H,3-8H2,(H,16,18). The van der Waals surface area contributed by atoms with E-state index >= 15 is 0 Å². The number of benzene rings is 1. The Kier molecular flexibility index (Phi) is 6.25. The number of amides is 1. The Morgan fingerprint density at radius 2 is 2.16 bits per heavy atom. The third-order valence-corrected chi connectivity index (χ3v) is 5.11. The molecule has 1 amide bonds. The van der Waals surface area contributed by atoms with Crippen molar-refractivity contribution in [2.45, 2.75) is 0 Å². The molecule has 1 aromatic carbocycles. The van der Waals surface area contributed by atoms with E-state index in [1.54, 1.807) is 12.1 Å². The number of nitrogens with one attached hydrogen (secondary N) is 1. The lowest BCUT2D eigenvalue weighted by atomic mass is 10.2. The number of thioether (sulfide) groups is 1. The van der Waals surface area contributed by atoms with E-state index in [-0.39, 0.29) is 5.91 Å². The summed E-state index contributed by atoms with van der Waals surface area (Å²) in [7, 11) is 0. The summed E-state index contributed by atoms with van der Waals surface area (Å²) in [6.45, 7) is 3.85. The first-order valence-electron chi connectivity index (χ1n) is 6.20. The van der Waals surface area contributed by atoms with Crippen LogP contribution < -0.4 is 5.32 Å². The van der Waals surface area contributed by atoms with Gasteiger partial charge >= 0.3 is 0 Å². The highest BCUT2D eigenvalue weighted by molar-refractivity contribution is 14.1. The molecule has 2 rings (SSSR count). The maximum Gasteiger partial charge on any atom is 0.252 e. The maximum atomic E-state index is 12.1. The fraction of sp³-hybridized carbons (Fsp3) is 0.462. The molecule has 0 aromatic heterocycles. The fourth-order valence-electron chi connectivity index (χ4n) is 1.92. The van der Waals surface area contributed by atoms with E-state index in [0.29, 0.717) is 17.1 Å². The van der Waals surface area contributed by atoms with Crippen molar-refractivity contribution in [2.24, 2.45) is 0 Å². The molecule has 1 saturated heterocycles. The van der Waals surface area contributed by atoms with Crippen LogP contribution in [0.15, 0.2) is 18.2 Å². The van der Waals surface area contributed by atoms with Gasteiger partial charge in [0, 0.05) is 46.3 Å². The third-order valence-electron chi connectivity index (χ3n) is 2.99. The van der Waals surface area contributed by atoms with Crippen molar-refractivity contribution in [3.63, 3.8) is 0 Å².